The van der Waals surface area contributed by atoms with Crippen molar-refractivity contribution < 1.29 is 13.7 Å². The number of aromatic nitrogens is 2. The van der Waals surface area contributed by atoms with Gasteiger partial charge in [0.25, 0.3) is 0 Å². The van der Waals surface area contributed by atoms with Gasteiger partial charge in [-0.05, 0) is 71.1 Å². The zero-order chi connectivity index (χ0) is 16.9. The van der Waals surface area contributed by atoms with Crippen LogP contribution in [0.2, 0.25) is 0 Å². The smallest absolute Gasteiger partial charge is 0.227 e. The van der Waals surface area contributed by atoms with Gasteiger partial charge in [0.05, 0.1) is 0 Å². The number of rotatable bonds is 5. The monoisotopic (exact) mass is 437 g/mol. The summed E-state index contributed by atoms with van der Waals surface area (Å²) >= 11 is 2.20. The third kappa shape index (κ3) is 4.38. The van der Waals surface area contributed by atoms with Gasteiger partial charge in [0.1, 0.15) is 5.82 Å². The molecule has 0 atom stereocenters. The average Bonchev–Trinajstić information content (AvgIpc) is 3.05. The lowest BCUT2D eigenvalue weighted by Gasteiger charge is -2.03. The van der Waals surface area contributed by atoms with Crippen LogP contribution in [0.5, 0.6) is 0 Å². The Labute approximate surface area is 151 Å². The Morgan fingerprint density at radius 1 is 1.12 bits per heavy atom. The molecule has 1 aromatic heterocycles. The van der Waals surface area contributed by atoms with Crippen LogP contribution in [0.1, 0.15) is 12.3 Å². The van der Waals surface area contributed by atoms with Crippen molar-refractivity contribution in [3.05, 3.63) is 63.8 Å². The number of amides is 1. The van der Waals surface area contributed by atoms with Gasteiger partial charge in [-0.3, -0.25) is 4.79 Å². The summed E-state index contributed by atoms with van der Waals surface area (Å²) in [6.07, 6.45) is 0.571. The molecule has 1 N–H and O–H groups in total. The highest BCUT2D eigenvalue weighted by Crippen LogP contribution is 2.17. The fourth-order valence-corrected chi connectivity index (χ4v) is 2.41. The molecule has 1 amide bonds. The van der Waals surface area contributed by atoms with Crippen molar-refractivity contribution in [2.75, 3.05) is 5.32 Å². The van der Waals surface area contributed by atoms with Gasteiger partial charge in [-0.1, -0.05) is 5.16 Å². The van der Waals surface area contributed by atoms with Gasteiger partial charge in [-0.15, -0.1) is 0 Å². The molecular weight excluding hydrogens is 424 g/mol. The maximum absolute atomic E-state index is 12.9. The molecule has 0 unspecified atom stereocenters. The largest absolute Gasteiger partial charge is 0.339 e. The molecule has 0 saturated carbocycles. The Morgan fingerprint density at radius 2 is 1.83 bits per heavy atom. The topological polar surface area (TPSA) is 68.0 Å². The van der Waals surface area contributed by atoms with Crippen LogP contribution in [0.3, 0.4) is 0 Å². The number of hydrogen-bond donors (Lipinski definition) is 1. The molecule has 0 bridgehead atoms. The van der Waals surface area contributed by atoms with Crippen molar-refractivity contribution >= 4 is 34.2 Å². The second-order valence-electron chi connectivity index (χ2n) is 5.07. The molecule has 5 nitrogen and oxygen atoms in total. The molecule has 7 heteroatoms. The number of anilines is 1. The molecule has 0 fully saturated rings. The van der Waals surface area contributed by atoms with Gasteiger partial charge in [0.15, 0.2) is 0 Å². The van der Waals surface area contributed by atoms with Crippen LogP contribution in [-0.4, -0.2) is 16.0 Å². The van der Waals surface area contributed by atoms with E-state index in [-0.39, 0.29) is 18.1 Å². The highest BCUT2D eigenvalue weighted by molar-refractivity contribution is 14.1. The molecule has 0 aliphatic carbocycles. The summed E-state index contributed by atoms with van der Waals surface area (Å²) in [5.41, 5.74) is 1.41. The average molecular weight is 437 g/mol. The van der Waals surface area contributed by atoms with E-state index in [1.54, 1.807) is 12.1 Å². The van der Waals surface area contributed by atoms with E-state index in [4.69, 9.17) is 4.52 Å². The van der Waals surface area contributed by atoms with E-state index in [2.05, 4.69) is 38.0 Å². The Morgan fingerprint density at radius 3 is 2.54 bits per heavy atom. The maximum atomic E-state index is 12.9. The van der Waals surface area contributed by atoms with Gasteiger partial charge < -0.3 is 9.84 Å². The SMILES string of the molecule is O=C(CCc1nc(-c2ccc(F)cc2)no1)Nc1ccc(I)cc1. The first-order valence-corrected chi connectivity index (χ1v) is 8.32. The third-order valence-electron chi connectivity index (χ3n) is 3.26. The zero-order valence-corrected chi connectivity index (χ0v) is 14.7. The van der Waals surface area contributed by atoms with Crippen molar-refractivity contribution in [3.8, 4) is 11.4 Å². The highest BCUT2D eigenvalue weighted by atomic mass is 127. The minimum Gasteiger partial charge on any atom is -0.339 e. The molecule has 3 rings (SSSR count). The van der Waals surface area contributed by atoms with Gasteiger partial charge in [0, 0.05) is 27.7 Å². The number of carbonyl (C=O) groups is 1. The van der Waals surface area contributed by atoms with Crippen LogP contribution in [-0.2, 0) is 11.2 Å². The van der Waals surface area contributed by atoms with Crippen LogP contribution >= 0.6 is 22.6 Å². The second-order valence-corrected chi connectivity index (χ2v) is 6.32. The summed E-state index contributed by atoms with van der Waals surface area (Å²) in [5.74, 6) is 0.294. The van der Waals surface area contributed by atoms with Crippen molar-refractivity contribution in [1.29, 1.82) is 0 Å². The van der Waals surface area contributed by atoms with Gasteiger partial charge in [-0.25, -0.2) is 4.39 Å². The number of carbonyl (C=O) groups excluding carboxylic acids is 1. The summed E-state index contributed by atoms with van der Waals surface area (Å²) in [7, 11) is 0. The van der Waals surface area contributed by atoms with E-state index in [0.29, 0.717) is 23.7 Å². The summed E-state index contributed by atoms with van der Waals surface area (Å²) in [6, 6.07) is 13.4. The number of hydrogen-bond acceptors (Lipinski definition) is 4. The first-order valence-electron chi connectivity index (χ1n) is 7.24. The Kier molecular flexibility index (Phi) is 5.19. The van der Waals surface area contributed by atoms with Crippen LogP contribution in [0.4, 0.5) is 10.1 Å². The molecular formula is C17H13FIN3O2. The van der Waals surface area contributed by atoms with Gasteiger partial charge in [0.2, 0.25) is 17.6 Å². The second kappa shape index (κ2) is 7.52. The Hall–Kier alpha value is -2.29. The first kappa shape index (κ1) is 16.6. The van der Waals surface area contributed by atoms with E-state index >= 15 is 0 Å². The highest BCUT2D eigenvalue weighted by Gasteiger charge is 2.11. The van der Waals surface area contributed by atoms with E-state index in [1.807, 2.05) is 24.3 Å². The lowest BCUT2D eigenvalue weighted by atomic mass is 10.2. The molecule has 122 valence electrons. The molecule has 0 radical (unpaired) electrons. The standard InChI is InChI=1S/C17H13FIN3O2/c18-12-3-1-11(2-4-12)17-21-16(24-22-17)10-9-15(23)20-14-7-5-13(19)6-8-14/h1-8H,9-10H2,(H,20,23). The van der Waals surface area contributed by atoms with Crippen LogP contribution in [0.15, 0.2) is 53.1 Å². The van der Waals surface area contributed by atoms with E-state index in [1.165, 1.54) is 12.1 Å². The lowest BCUT2D eigenvalue weighted by molar-refractivity contribution is -0.116. The van der Waals surface area contributed by atoms with Crippen LogP contribution in [0, 0.1) is 9.39 Å². The fourth-order valence-electron chi connectivity index (χ4n) is 2.05. The predicted octanol–water partition coefficient (Wildman–Crippen LogP) is 4.05. The van der Waals surface area contributed by atoms with Crippen molar-refractivity contribution in [1.82, 2.24) is 10.1 Å². The van der Waals surface area contributed by atoms with Gasteiger partial charge >= 0.3 is 0 Å². The molecule has 3 aromatic rings. The van der Waals surface area contributed by atoms with Crippen LogP contribution < -0.4 is 5.32 Å². The minimum atomic E-state index is -0.324. The van der Waals surface area contributed by atoms with Crippen molar-refractivity contribution in [2.24, 2.45) is 0 Å². The fraction of sp³-hybridized carbons (Fsp3) is 0.118. The summed E-state index contributed by atoms with van der Waals surface area (Å²) < 4.78 is 19.1. The number of nitrogens with zero attached hydrogens (tertiary/aromatic N) is 2. The predicted molar refractivity (Wildman–Crippen MR) is 95.8 cm³/mol. The van der Waals surface area contributed by atoms with Gasteiger partial charge in [-0.2, -0.15) is 4.98 Å². The number of halogens is 2. The summed E-state index contributed by atoms with van der Waals surface area (Å²) in [5, 5.41) is 6.66. The number of aryl methyl sites for hydroxylation is 1. The van der Waals surface area contributed by atoms with E-state index in [0.717, 1.165) is 9.26 Å². The van der Waals surface area contributed by atoms with E-state index < -0.39 is 0 Å². The minimum absolute atomic E-state index is 0.127. The Bertz CT molecular complexity index is 832. The maximum Gasteiger partial charge on any atom is 0.227 e. The van der Waals surface area contributed by atoms with Crippen molar-refractivity contribution in [2.45, 2.75) is 12.8 Å². The molecule has 1 heterocycles. The lowest BCUT2D eigenvalue weighted by Crippen LogP contribution is -2.12. The molecule has 0 spiro atoms. The first-order chi connectivity index (χ1) is 11.6. The third-order valence-corrected chi connectivity index (χ3v) is 3.98. The quantitative estimate of drug-likeness (QED) is 0.612. The normalized spacial score (nSPS) is 10.6. The molecule has 0 aliphatic heterocycles. The van der Waals surface area contributed by atoms with Crippen molar-refractivity contribution in [3.63, 3.8) is 0 Å². The summed E-state index contributed by atoms with van der Waals surface area (Å²) in [4.78, 5) is 16.2. The molecule has 24 heavy (non-hydrogen) atoms. The number of nitrogens with one attached hydrogen (secondary N) is 1. The summed E-state index contributed by atoms with van der Waals surface area (Å²) in [6.45, 7) is 0. The molecule has 2 aromatic carbocycles. The number of benzene rings is 2. The zero-order valence-electron chi connectivity index (χ0n) is 12.5. The van der Waals surface area contributed by atoms with Crippen LogP contribution in [0.25, 0.3) is 11.4 Å². The van der Waals surface area contributed by atoms with E-state index in [9.17, 15) is 9.18 Å². The Balaban J connectivity index is 1.56. The molecule has 0 saturated heterocycles. The molecule has 0 aliphatic rings.